The molecule has 3 aromatic rings. The van der Waals surface area contributed by atoms with Crippen molar-refractivity contribution >= 4 is 11.7 Å². The summed E-state index contributed by atoms with van der Waals surface area (Å²) in [5.74, 6) is 0.409. The summed E-state index contributed by atoms with van der Waals surface area (Å²) in [5.41, 5.74) is 4.24. The number of anilines is 1. The molecule has 0 fully saturated rings. The van der Waals surface area contributed by atoms with E-state index in [4.69, 9.17) is 0 Å². The van der Waals surface area contributed by atoms with Crippen LogP contribution in [0.3, 0.4) is 0 Å². The molecule has 1 amide bonds. The fourth-order valence-electron chi connectivity index (χ4n) is 3.47. The second-order valence-electron chi connectivity index (χ2n) is 6.57. The van der Waals surface area contributed by atoms with Crippen molar-refractivity contribution in [2.75, 3.05) is 5.32 Å². The summed E-state index contributed by atoms with van der Waals surface area (Å²) in [6.45, 7) is 5.67. The molecule has 0 bridgehead atoms. The third-order valence-electron chi connectivity index (χ3n) is 4.53. The molecule has 6 nitrogen and oxygen atoms in total. The van der Waals surface area contributed by atoms with E-state index in [0.29, 0.717) is 18.2 Å². The summed E-state index contributed by atoms with van der Waals surface area (Å²) in [6, 6.07) is 8.13. The number of nitrogens with zero attached hydrogens (tertiary/aromatic N) is 4. The van der Waals surface area contributed by atoms with Crippen molar-refractivity contribution in [3.63, 3.8) is 0 Å². The van der Waals surface area contributed by atoms with Gasteiger partial charge in [0.1, 0.15) is 11.6 Å². The van der Waals surface area contributed by atoms with Crippen LogP contribution in [-0.2, 0) is 4.79 Å². The Morgan fingerprint density at radius 2 is 1.77 bits per heavy atom. The standard InChI is InChI=1S/C19H18FN5O/c1-10-8-11(2)22-19(21-10)25-18-17(12(3)24-25)15(9-16(26)23-18)13-4-6-14(20)7-5-13/h4-8,15H,9H2,1-3H3,(H,23,26)/t15-/m1/s1. The Hall–Kier alpha value is -3.09. The molecular formula is C19H18FN5O. The Balaban J connectivity index is 1.88. The first-order valence-corrected chi connectivity index (χ1v) is 8.40. The first-order valence-electron chi connectivity index (χ1n) is 8.40. The number of nitrogens with one attached hydrogen (secondary N) is 1. The number of aromatic nitrogens is 4. The second kappa shape index (κ2) is 6.01. The molecule has 0 spiro atoms. The molecule has 0 unspecified atom stereocenters. The van der Waals surface area contributed by atoms with Crippen molar-refractivity contribution in [1.29, 1.82) is 0 Å². The molecule has 3 heterocycles. The van der Waals surface area contributed by atoms with Crippen molar-refractivity contribution in [1.82, 2.24) is 19.7 Å². The van der Waals surface area contributed by atoms with Gasteiger partial charge in [0.25, 0.3) is 5.95 Å². The van der Waals surface area contributed by atoms with E-state index < -0.39 is 0 Å². The minimum atomic E-state index is -0.301. The number of halogens is 1. The number of benzene rings is 1. The fraction of sp³-hybridized carbons (Fsp3) is 0.263. The normalized spacial score (nSPS) is 16.3. The molecule has 1 N–H and O–H groups in total. The maximum atomic E-state index is 13.3. The number of carbonyl (C=O) groups excluding carboxylic acids is 1. The highest BCUT2D eigenvalue weighted by Crippen LogP contribution is 2.39. The summed E-state index contributed by atoms with van der Waals surface area (Å²) in [4.78, 5) is 21.2. The molecule has 2 aromatic heterocycles. The smallest absolute Gasteiger partial charge is 0.252 e. The quantitative estimate of drug-likeness (QED) is 0.769. The Kier molecular flexibility index (Phi) is 3.79. The van der Waals surface area contributed by atoms with Crippen LogP contribution in [0.4, 0.5) is 10.2 Å². The molecule has 1 aliphatic heterocycles. The SMILES string of the molecule is Cc1cc(C)nc(-n2nc(C)c3c2NC(=O)C[C@@H]3c2ccc(F)cc2)n1. The van der Waals surface area contributed by atoms with E-state index >= 15 is 0 Å². The summed E-state index contributed by atoms with van der Waals surface area (Å²) in [7, 11) is 0. The van der Waals surface area contributed by atoms with Gasteiger partial charge in [-0.2, -0.15) is 9.78 Å². The maximum absolute atomic E-state index is 13.3. The summed E-state index contributed by atoms with van der Waals surface area (Å²) < 4.78 is 14.9. The van der Waals surface area contributed by atoms with E-state index in [9.17, 15) is 9.18 Å². The van der Waals surface area contributed by atoms with E-state index in [0.717, 1.165) is 28.2 Å². The first kappa shape index (κ1) is 16.4. The van der Waals surface area contributed by atoms with Crippen LogP contribution in [0.25, 0.3) is 5.95 Å². The van der Waals surface area contributed by atoms with Gasteiger partial charge in [0.2, 0.25) is 5.91 Å². The molecule has 7 heteroatoms. The molecule has 1 aliphatic rings. The molecule has 26 heavy (non-hydrogen) atoms. The molecule has 132 valence electrons. The third kappa shape index (κ3) is 2.75. The van der Waals surface area contributed by atoms with Gasteiger partial charge in [-0.1, -0.05) is 12.1 Å². The summed E-state index contributed by atoms with van der Waals surface area (Å²) >= 11 is 0. The number of hydrogen-bond donors (Lipinski definition) is 1. The monoisotopic (exact) mass is 351 g/mol. The fourth-order valence-corrected chi connectivity index (χ4v) is 3.47. The third-order valence-corrected chi connectivity index (χ3v) is 4.53. The van der Waals surface area contributed by atoms with Crippen molar-refractivity contribution in [3.05, 3.63) is 64.4 Å². The van der Waals surface area contributed by atoms with Gasteiger partial charge in [-0.25, -0.2) is 14.4 Å². The van der Waals surface area contributed by atoms with Gasteiger partial charge in [0.15, 0.2) is 0 Å². The van der Waals surface area contributed by atoms with Gasteiger partial charge < -0.3 is 5.32 Å². The maximum Gasteiger partial charge on any atom is 0.252 e. The van der Waals surface area contributed by atoms with Gasteiger partial charge in [-0.05, 0) is 44.5 Å². The average molecular weight is 351 g/mol. The van der Waals surface area contributed by atoms with E-state index in [-0.39, 0.29) is 17.6 Å². The molecule has 1 aromatic carbocycles. The van der Waals surface area contributed by atoms with Crippen LogP contribution in [0.2, 0.25) is 0 Å². The molecule has 0 saturated heterocycles. The Bertz CT molecular complexity index is 989. The van der Waals surface area contributed by atoms with Crippen LogP contribution in [0.5, 0.6) is 0 Å². The van der Waals surface area contributed by atoms with E-state index in [1.54, 1.807) is 16.8 Å². The lowest BCUT2D eigenvalue weighted by Gasteiger charge is -2.24. The molecular weight excluding hydrogens is 333 g/mol. The van der Waals surface area contributed by atoms with Crippen LogP contribution in [0.1, 0.15) is 40.5 Å². The Labute approximate surface area is 150 Å². The van der Waals surface area contributed by atoms with E-state index in [1.165, 1.54) is 12.1 Å². The predicted molar refractivity (Wildman–Crippen MR) is 94.9 cm³/mol. The van der Waals surface area contributed by atoms with Crippen molar-refractivity contribution in [2.24, 2.45) is 0 Å². The lowest BCUT2D eigenvalue weighted by Crippen LogP contribution is -2.25. The van der Waals surface area contributed by atoms with Gasteiger partial charge >= 0.3 is 0 Å². The minimum absolute atomic E-state index is 0.114. The minimum Gasteiger partial charge on any atom is -0.310 e. The summed E-state index contributed by atoms with van der Waals surface area (Å²) in [5, 5.41) is 7.48. The summed E-state index contributed by atoms with van der Waals surface area (Å²) in [6.07, 6.45) is 0.291. The van der Waals surface area contributed by atoms with E-state index in [2.05, 4.69) is 20.4 Å². The van der Waals surface area contributed by atoms with Gasteiger partial charge in [-0.15, -0.1) is 0 Å². The lowest BCUT2D eigenvalue weighted by atomic mass is 9.86. The average Bonchev–Trinajstić information content (AvgIpc) is 2.91. The number of hydrogen-bond acceptors (Lipinski definition) is 4. The van der Waals surface area contributed by atoms with Gasteiger partial charge in [-0.3, -0.25) is 4.79 Å². The van der Waals surface area contributed by atoms with Crippen LogP contribution >= 0.6 is 0 Å². The van der Waals surface area contributed by atoms with Crippen molar-refractivity contribution in [3.8, 4) is 5.95 Å². The van der Waals surface area contributed by atoms with Crippen LogP contribution in [0, 0.1) is 26.6 Å². The highest BCUT2D eigenvalue weighted by atomic mass is 19.1. The number of carbonyl (C=O) groups is 1. The zero-order valence-corrected chi connectivity index (χ0v) is 14.7. The number of amides is 1. The number of rotatable bonds is 2. The number of fused-ring (bicyclic) bond motifs is 1. The largest absolute Gasteiger partial charge is 0.310 e. The predicted octanol–water partition coefficient (Wildman–Crippen LogP) is 3.20. The van der Waals surface area contributed by atoms with Crippen LogP contribution in [0.15, 0.2) is 30.3 Å². The van der Waals surface area contributed by atoms with Crippen LogP contribution in [-0.4, -0.2) is 25.7 Å². The molecule has 0 saturated carbocycles. The zero-order valence-electron chi connectivity index (χ0n) is 14.7. The Morgan fingerprint density at radius 1 is 1.12 bits per heavy atom. The lowest BCUT2D eigenvalue weighted by molar-refractivity contribution is -0.116. The zero-order chi connectivity index (χ0) is 18.4. The van der Waals surface area contributed by atoms with Crippen molar-refractivity contribution < 1.29 is 9.18 Å². The molecule has 1 atom stereocenters. The molecule has 4 rings (SSSR count). The molecule has 0 radical (unpaired) electrons. The number of aryl methyl sites for hydroxylation is 3. The van der Waals surface area contributed by atoms with Crippen LogP contribution < -0.4 is 5.32 Å². The second-order valence-corrected chi connectivity index (χ2v) is 6.57. The highest BCUT2D eigenvalue weighted by molar-refractivity contribution is 5.95. The van der Waals surface area contributed by atoms with Gasteiger partial charge in [0.05, 0.1) is 5.69 Å². The first-order chi connectivity index (χ1) is 12.4. The molecule has 0 aliphatic carbocycles. The van der Waals surface area contributed by atoms with E-state index in [1.807, 2.05) is 26.8 Å². The Morgan fingerprint density at radius 3 is 2.42 bits per heavy atom. The highest BCUT2D eigenvalue weighted by Gasteiger charge is 2.33. The topological polar surface area (TPSA) is 72.7 Å². The van der Waals surface area contributed by atoms with Crippen molar-refractivity contribution in [2.45, 2.75) is 33.1 Å². The van der Waals surface area contributed by atoms with Gasteiger partial charge in [0, 0.05) is 29.3 Å².